The van der Waals surface area contributed by atoms with Crippen LogP contribution in [0.1, 0.15) is 30.6 Å². The quantitative estimate of drug-likeness (QED) is 0.501. The molecule has 1 aromatic carbocycles. The fourth-order valence-corrected chi connectivity index (χ4v) is 2.06. The molecule has 0 heterocycles. The molecule has 0 radical (unpaired) electrons. The van der Waals surface area contributed by atoms with Gasteiger partial charge in [-0.25, -0.2) is 0 Å². The second-order valence-corrected chi connectivity index (χ2v) is 4.69. The first-order valence-corrected chi connectivity index (χ1v) is 7.20. The molecule has 0 saturated heterocycles. The number of rotatable bonds is 8. The van der Waals surface area contributed by atoms with E-state index in [0.29, 0.717) is 11.3 Å². The maximum Gasteiger partial charge on any atom is 0.251 e. The number of carbonyl (C=O) groups is 1. The summed E-state index contributed by atoms with van der Waals surface area (Å²) in [7, 11) is 1.62. The van der Waals surface area contributed by atoms with Gasteiger partial charge >= 0.3 is 0 Å². The van der Waals surface area contributed by atoms with Gasteiger partial charge in [-0.05, 0) is 44.3 Å². The SMILES string of the molecule is CCN(CC)CCCNc1cc(C(=O)NC)ccc1N. The van der Waals surface area contributed by atoms with Crippen LogP contribution >= 0.6 is 0 Å². The topological polar surface area (TPSA) is 70.4 Å². The Hall–Kier alpha value is -1.75. The Labute approximate surface area is 121 Å². The third-order valence-corrected chi connectivity index (χ3v) is 3.40. The number of nitrogens with one attached hydrogen (secondary N) is 2. The monoisotopic (exact) mass is 278 g/mol. The minimum atomic E-state index is -0.101. The highest BCUT2D eigenvalue weighted by Crippen LogP contribution is 2.20. The Morgan fingerprint density at radius 1 is 1.30 bits per heavy atom. The van der Waals surface area contributed by atoms with Crippen molar-refractivity contribution in [2.24, 2.45) is 0 Å². The molecule has 0 spiro atoms. The molecule has 0 aliphatic carbocycles. The smallest absolute Gasteiger partial charge is 0.251 e. The lowest BCUT2D eigenvalue weighted by atomic mass is 10.1. The van der Waals surface area contributed by atoms with E-state index in [1.165, 1.54) is 0 Å². The van der Waals surface area contributed by atoms with Crippen molar-refractivity contribution < 1.29 is 4.79 Å². The van der Waals surface area contributed by atoms with Crippen molar-refractivity contribution in [1.82, 2.24) is 10.2 Å². The van der Waals surface area contributed by atoms with Crippen molar-refractivity contribution in [3.8, 4) is 0 Å². The van der Waals surface area contributed by atoms with Gasteiger partial charge < -0.3 is 21.3 Å². The first kappa shape index (κ1) is 16.3. The van der Waals surface area contributed by atoms with Crippen molar-refractivity contribution >= 4 is 17.3 Å². The van der Waals surface area contributed by atoms with E-state index in [0.717, 1.165) is 38.3 Å². The Bertz CT molecular complexity index is 430. The van der Waals surface area contributed by atoms with E-state index < -0.39 is 0 Å². The molecule has 0 atom stereocenters. The van der Waals surface area contributed by atoms with Gasteiger partial charge in [-0.3, -0.25) is 4.79 Å². The maximum absolute atomic E-state index is 11.6. The van der Waals surface area contributed by atoms with Crippen molar-refractivity contribution in [1.29, 1.82) is 0 Å². The van der Waals surface area contributed by atoms with Crippen molar-refractivity contribution in [3.63, 3.8) is 0 Å². The molecule has 0 aromatic heterocycles. The Morgan fingerprint density at radius 3 is 2.60 bits per heavy atom. The third kappa shape index (κ3) is 4.74. The second-order valence-electron chi connectivity index (χ2n) is 4.69. The molecule has 0 saturated carbocycles. The van der Waals surface area contributed by atoms with Crippen LogP contribution < -0.4 is 16.4 Å². The zero-order valence-electron chi connectivity index (χ0n) is 12.7. The summed E-state index contributed by atoms with van der Waals surface area (Å²) in [6.07, 6.45) is 1.05. The molecule has 112 valence electrons. The Balaban J connectivity index is 2.52. The molecule has 0 aliphatic heterocycles. The van der Waals surface area contributed by atoms with Gasteiger partial charge in [0.2, 0.25) is 0 Å². The van der Waals surface area contributed by atoms with Crippen molar-refractivity contribution in [2.45, 2.75) is 20.3 Å². The molecule has 0 aliphatic rings. The van der Waals surface area contributed by atoms with Gasteiger partial charge in [0.05, 0.1) is 11.4 Å². The molecule has 4 N–H and O–H groups in total. The van der Waals surface area contributed by atoms with Crippen LogP contribution in [0.3, 0.4) is 0 Å². The molecule has 5 heteroatoms. The van der Waals surface area contributed by atoms with Crippen molar-refractivity contribution in [2.75, 3.05) is 44.3 Å². The first-order chi connectivity index (χ1) is 9.62. The summed E-state index contributed by atoms with van der Waals surface area (Å²) < 4.78 is 0. The Kier molecular flexibility index (Phi) is 6.87. The van der Waals surface area contributed by atoms with E-state index in [2.05, 4.69) is 29.4 Å². The van der Waals surface area contributed by atoms with Gasteiger partial charge in [-0.15, -0.1) is 0 Å². The van der Waals surface area contributed by atoms with Crippen molar-refractivity contribution in [3.05, 3.63) is 23.8 Å². The van der Waals surface area contributed by atoms with Crippen LogP contribution in [0.4, 0.5) is 11.4 Å². The van der Waals surface area contributed by atoms with Crippen LogP contribution in [0.25, 0.3) is 0 Å². The van der Waals surface area contributed by atoms with Crippen LogP contribution in [-0.2, 0) is 0 Å². The molecule has 0 bridgehead atoms. The van der Waals surface area contributed by atoms with Gasteiger partial charge in [0, 0.05) is 19.2 Å². The zero-order valence-corrected chi connectivity index (χ0v) is 12.7. The van der Waals surface area contributed by atoms with E-state index in [-0.39, 0.29) is 5.91 Å². The second kappa shape index (κ2) is 8.43. The zero-order chi connectivity index (χ0) is 15.0. The van der Waals surface area contributed by atoms with E-state index in [1.54, 1.807) is 25.2 Å². The number of anilines is 2. The molecule has 0 fully saturated rings. The van der Waals surface area contributed by atoms with Crippen LogP contribution in [-0.4, -0.2) is 44.0 Å². The summed E-state index contributed by atoms with van der Waals surface area (Å²) in [5.41, 5.74) is 8.03. The van der Waals surface area contributed by atoms with E-state index in [1.807, 2.05) is 0 Å². The van der Waals surface area contributed by atoms with E-state index in [9.17, 15) is 4.79 Å². The van der Waals surface area contributed by atoms with E-state index >= 15 is 0 Å². The number of nitrogens with zero attached hydrogens (tertiary/aromatic N) is 1. The number of hydrogen-bond acceptors (Lipinski definition) is 4. The lowest BCUT2D eigenvalue weighted by Crippen LogP contribution is -2.25. The molecule has 20 heavy (non-hydrogen) atoms. The van der Waals surface area contributed by atoms with Gasteiger partial charge in [0.15, 0.2) is 0 Å². The number of benzene rings is 1. The minimum Gasteiger partial charge on any atom is -0.397 e. The predicted octanol–water partition coefficient (Wildman–Crippen LogP) is 1.77. The molecule has 0 unspecified atom stereocenters. The molecule has 1 aromatic rings. The standard InChI is InChI=1S/C15H26N4O/c1-4-19(5-2)10-6-9-18-14-11-12(15(20)17-3)7-8-13(14)16/h7-8,11,18H,4-6,9-10,16H2,1-3H3,(H,17,20). The van der Waals surface area contributed by atoms with Gasteiger partial charge in [0.1, 0.15) is 0 Å². The Morgan fingerprint density at radius 2 is 2.00 bits per heavy atom. The summed E-state index contributed by atoms with van der Waals surface area (Å²) in [5.74, 6) is -0.101. The average Bonchev–Trinajstić information content (AvgIpc) is 2.48. The highest BCUT2D eigenvalue weighted by Gasteiger charge is 2.06. The number of amides is 1. The lowest BCUT2D eigenvalue weighted by Gasteiger charge is -2.18. The van der Waals surface area contributed by atoms with Crippen LogP contribution in [0.15, 0.2) is 18.2 Å². The van der Waals surface area contributed by atoms with Gasteiger partial charge in [0.25, 0.3) is 5.91 Å². The average molecular weight is 278 g/mol. The summed E-state index contributed by atoms with van der Waals surface area (Å²) >= 11 is 0. The highest BCUT2D eigenvalue weighted by atomic mass is 16.1. The normalized spacial score (nSPS) is 10.6. The highest BCUT2D eigenvalue weighted by molar-refractivity contribution is 5.96. The molecule has 5 nitrogen and oxygen atoms in total. The predicted molar refractivity (Wildman–Crippen MR) is 85.1 cm³/mol. The summed E-state index contributed by atoms with van der Waals surface area (Å²) in [4.78, 5) is 14.0. The number of nitrogens with two attached hydrogens (primary N) is 1. The maximum atomic E-state index is 11.6. The van der Waals surface area contributed by atoms with E-state index in [4.69, 9.17) is 5.73 Å². The fourth-order valence-electron chi connectivity index (χ4n) is 2.06. The summed E-state index contributed by atoms with van der Waals surface area (Å²) in [6.45, 7) is 8.39. The van der Waals surface area contributed by atoms with Crippen LogP contribution in [0.5, 0.6) is 0 Å². The van der Waals surface area contributed by atoms with Gasteiger partial charge in [-0.2, -0.15) is 0 Å². The number of hydrogen-bond donors (Lipinski definition) is 3. The lowest BCUT2D eigenvalue weighted by molar-refractivity contribution is 0.0963. The molecule has 1 amide bonds. The molecule has 1 rings (SSSR count). The largest absolute Gasteiger partial charge is 0.397 e. The molecular formula is C15H26N4O. The fraction of sp³-hybridized carbons (Fsp3) is 0.533. The molecular weight excluding hydrogens is 252 g/mol. The minimum absolute atomic E-state index is 0.101. The van der Waals surface area contributed by atoms with Crippen LogP contribution in [0, 0.1) is 0 Å². The van der Waals surface area contributed by atoms with Crippen LogP contribution in [0.2, 0.25) is 0 Å². The van der Waals surface area contributed by atoms with Gasteiger partial charge in [-0.1, -0.05) is 13.8 Å². The third-order valence-electron chi connectivity index (χ3n) is 3.40. The number of carbonyl (C=O) groups excluding carboxylic acids is 1. The number of nitrogen functional groups attached to an aromatic ring is 1. The first-order valence-electron chi connectivity index (χ1n) is 7.20. The summed E-state index contributed by atoms with van der Waals surface area (Å²) in [6, 6.07) is 5.29. The summed E-state index contributed by atoms with van der Waals surface area (Å²) in [5, 5.41) is 5.92.